The fraction of sp³-hybridized carbons (Fsp3) is 0.533. The Morgan fingerprint density at radius 1 is 1.39 bits per heavy atom. The molecule has 96 valence electrons. The van der Waals surface area contributed by atoms with Crippen molar-refractivity contribution in [2.45, 2.75) is 51.4 Å². The molecule has 1 aromatic carbocycles. The summed E-state index contributed by atoms with van der Waals surface area (Å²) in [4.78, 5) is 0. The van der Waals surface area contributed by atoms with Crippen LogP contribution in [0, 0.1) is 18.3 Å². The minimum absolute atomic E-state index is 0.178. The summed E-state index contributed by atoms with van der Waals surface area (Å²) < 4.78 is 5.93. The zero-order valence-corrected chi connectivity index (χ0v) is 10.9. The zero-order chi connectivity index (χ0) is 13.0. The largest absolute Gasteiger partial charge is 0.372 e. The average molecular weight is 244 g/mol. The van der Waals surface area contributed by atoms with Crippen LogP contribution in [0.3, 0.4) is 0 Å². The molecule has 0 aliphatic heterocycles. The van der Waals surface area contributed by atoms with Crippen molar-refractivity contribution in [1.82, 2.24) is 0 Å². The van der Waals surface area contributed by atoms with Crippen molar-refractivity contribution in [3.63, 3.8) is 0 Å². The summed E-state index contributed by atoms with van der Waals surface area (Å²) in [6.45, 7) is 2.61. The van der Waals surface area contributed by atoms with E-state index in [4.69, 9.17) is 15.7 Å². The Bertz CT molecular complexity index is 450. The highest BCUT2D eigenvalue weighted by atomic mass is 16.5. The number of hydrogen-bond acceptors (Lipinski definition) is 3. The van der Waals surface area contributed by atoms with Gasteiger partial charge in [0.25, 0.3) is 0 Å². The second-order valence-corrected chi connectivity index (χ2v) is 5.05. The Kier molecular flexibility index (Phi) is 4.35. The van der Waals surface area contributed by atoms with Crippen LogP contribution in [0.2, 0.25) is 0 Å². The predicted octanol–water partition coefficient (Wildman–Crippen LogP) is 2.65. The van der Waals surface area contributed by atoms with Gasteiger partial charge in [-0.25, -0.2) is 0 Å². The minimum atomic E-state index is 0.178. The Balaban J connectivity index is 1.95. The number of benzene rings is 1. The van der Waals surface area contributed by atoms with E-state index in [1.807, 2.05) is 25.1 Å². The van der Waals surface area contributed by atoms with Gasteiger partial charge in [0.05, 0.1) is 24.3 Å². The first-order chi connectivity index (χ1) is 8.70. The van der Waals surface area contributed by atoms with E-state index in [0.29, 0.717) is 12.2 Å². The van der Waals surface area contributed by atoms with E-state index < -0.39 is 0 Å². The topological polar surface area (TPSA) is 59.0 Å². The number of rotatable bonds is 3. The maximum atomic E-state index is 8.82. The number of hydrogen-bond donors (Lipinski definition) is 1. The lowest BCUT2D eigenvalue weighted by Crippen LogP contribution is -2.39. The van der Waals surface area contributed by atoms with Crippen LogP contribution in [0.5, 0.6) is 0 Å². The van der Waals surface area contributed by atoms with Crippen LogP contribution in [-0.2, 0) is 11.3 Å². The van der Waals surface area contributed by atoms with Gasteiger partial charge >= 0.3 is 0 Å². The van der Waals surface area contributed by atoms with E-state index in [0.717, 1.165) is 24.0 Å². The summed E-state index contributed by atoms with van der Waals surface area (Å²) in [5.41, 5.74) is 9.01. The molecule has 1 aromatic rings. The summed E-state index contributed by atoms with van der Waals surface area (Å²) in [6.07, 6.45) is 4.75. The van der Waals surface area contributed by atoms with E-state index in [9.17, 15) is 0 Å². The van der Waals surface area contributed by atoms with Gasteiger partial charge in [-0.15, -0.1) is 0 Å². The molecule has 0 saturated heterocycles. The van der Waals surface area contributed by atoms with Gasteiger partial charge in [0.15, 0.2) is 0 Å². The SMILES string of the molecule is Cc1cc(C#N)ccc1COC1CCCCC1N. The third kappa shape index (κ3) is 3.10. The third-order valence-corrected chi connectivity index (χ3v) is 3.68. The van der Waals surface area contributed by atoms with E-state index in [2.05, 4.69) is 6.07 Å². The highest BCUT2D eigenvalue weighted by Gasteiger charge is 2.22. The molecule has 0 radical (unpaired) electrons. The molecule has 1 aliphatic rings. The molecule has 0 aromatic heterocycles. The maximum absolute atomic E-state index is 8.82. The number of nitrogens with zero attached hydrogens (tertiary/aromatic N) is 1. The molecule has 1 aliphatic carbocycles. The van der Waals surface area contributed by atoms with Gasteiger partial charge in [-0.2, -0.15) is 5.26 Å². The van der Waals surface area contributed by atoms with Crippen molar-refractivity contribution in [2.75, 3.05) is 0 Å². The Morgan fingerprint density at radius 3 is 2.83 bits per heavy atom. The molecule has 1 fully saturated rings. The van der Waals surface area contributed by atoms with Crippen LogP contribution in [0.1, 0.15) is 42.4 Å². The van der Waals surface area contributed by atoms with Crippen LogP contribution in [-0.4, -0.2) is 12.1 Å². The number of nitrogens with two attached hydrogens (primary N) is 1. The zero-order valence-electron chi connectivity index (χ0n) is 10.9. The summed E-state index contributed by atoms with van der Waals surface area (Å²) >= 11 is 0. The Hall–Kier alpha value is -1.37. The summed E-state index contributed by atoms with van der Waals surface area (Å²) in [5.74, 6) is 0. The van der Waals surface area contributed by atoms with Crippen molar-refractivity contribution in [2.24, 2.45) is 5.73 Å². The molecule has 2 N–H and O–H groups in total. The van der Waals surface area contributed by atoms with Gasteiger partial charge in [-0.05, 0) is 43.0 Å². The quantitative estimate of drug-likeness (QED) is 0.889. The lowest BCUT2D eigenvalue weighted by Gasteiger charge is -2.28. The lowest BCUT2D eigenvalue weighted by atomic mass is 9.93. The van der Waals surface area contributed by atoms with Crippen LogP contribution in [0.15, 0.2) is 18.2 Å². The van der Waals surface area contributed by atoms with Gasteiger partial charge in [0.1, 0.15) is 0 Å². The highest BCUT2D eigenvalue weighted by Crippen LogP contribution is 2.21. The van der Waals surface area contributed by atoms with Crippen molar-refractivity contribution in [1.29, 1.82) is 5.26 Å². The minimum Gasteiger partial charge on any atom is -0.372 e. The summed E-state index contributed by atoms with van der Waals surface area (Å²) in [6, 6.07) is 8.04. The highest BCUT2D eigenvalue weighted by molar-refractivity contribution is 5.37. The molecule has 0 spiro atoms. The first kappa shape index (κ1) is 13.1. The fourth-order valence-electron chi connectivity index (χ4n) is 2.46. The van der Waals surface area contributed by atoms with Gasteiger partial charge in [-0.3, -0.25) is 0 Å². The molecule has 0 amide bonds. The van der Waals surface area contributed by atoms with Gasteiger partial charge < -0.3 is 10.5 Å². The Morgan fingerprint density at radius 2 is 2.17 bits per heavy atom. The molecule has 2 rings (SSSR count). The van der Waals surface area contributed by atoms with Crippen LogP contribution in [0.25, 0.3) is 0 Å². The molecule has 0 bridgehead atoms. The summed E-state index contributed by atoms with van der Waals surface area (Å²) in [5, 5.41) is 8.82. The van der Waals surface area contributed by atoms with E-state index >= 15 is 0 Å². The van der Waals surface area contributed by atoms with Gasteiger partial charge in [0, 0.05) is 6.04 Å². The van der Waals surface area contributed by atoms with Crippen molar-refractivity contribution >= 4 is 0 Å². The van der Waals surface area contributed by atoms with Crippen molar-refractivity contribution in [3.05, 3.63) is 34.9 Å². The van der Waals surface area contributed by atoms with Crippen LogP contribution in [0.4, 0.5) is 0 Å². The molecular formula is C15H20N2O. The smallest absolute Gasteiger partial charge is 0.0991 e. The van der Waals surface area contributed by atoms with Crippen LogP contribution >= 0.6 is 0 Å². The molecule has 18 heavy (non-hydrogen) atoms. The van der Waals surface area contributed by atoms with Crippen molar-refractivity contribution in [3.8, 4) is 6.07 Å². The molecule has 0 heterocycles. The summed E-state index contributed by atoms with van der Waals surface area (Å²) in [7, 11) is 0. The van der Waals surface area contributed by atoms with E-state index in [1.165, 1.54) is 12.8 Å². The first-order valence-corrected chi connectivity index (χ1v) is 6.57. The average Bonchev–Trinajstić information content (AvgIpc) is 2.39. The number of aryl methyl sites for hydroxylation is 1. The van der Waals surface area contributed by atoms with Gasteiger partial charge in [-0.1, -0.05) is 18.9 Å². The number of ether oxygens (including phenoxy) is 1. The predicted molar refractivity (Wildman–Crippen MR) is 70.9 cm³/mol. The molecular weight excluding hydrogens is 224 g/mol. The van der Waals surface area contributed by atoms with E-state index in [1.54, 1.807) is 0 Å². The molecule has 3 heteroatoms. The molecule has 2 unspecified atom stereocenters. The number of nitriles is 1. The molecule has 2 atom stereocenters. The second-order valence-electron chi connectivity index (χ2n) is 5.05. The van der Waals surface area contributed by atoms with Gasteiger partial charge in [0.2, 0.25) is 0 Å². The monoisotopic (exact) mass is 244 g/mol. The molecule has 3 nitrogen and oxygen atoms in total. The fourth-order valence-corrected chi connectivity index (χ4v) is 2.46. The second kappa shape index (κ2) is 5.99. The van der Waals surface area contributed by atoms with Crippen molar-refractivity contribution < 1.29 is 4.74 Å². The van der Waals surface area contributed by atoms with E-state index in [-0.39, 0.29) is 12.1 Å². The normalized spacial score (nSPS) is 23.6. The maximum Gasteiger partial charge on any atom is 0.0991 e. The Labute approximate surface area is 109 Å². The third-order valence-electron chi connectivity index (χ3n) is 3.68. The van der Waals surface area contributed by atoms with Crippen LogP contribution < -0.4 is 5.73 Å². The molecule has 1 saturated carbocycles. The standard InChI is InChI=1S/C15H20N2O/c1-11-8-12(9-16)6-7-13(11)10-18-15-5-3-2-4-14(15)17/h6-8,14-15H,2-5,10,17H2,1H3. The first-order valence-electron chi connectivity index (χ1n) is 6.57. The lowest BCUT2D eigenvalue weighted by molar-refractivity contribution is 0.00384.